The molecule has 0 spiro atoms. The first kappa shape index (κ1) is 29.7. The number of methoxy groups -OCH3 is 2. The van der Waals surface area contributed by atoms with Crippen molar-refractivity contribution in [1.82, 2.24) is 15.5 Å². The van der Waals surface area contributed by atoms with Crippen LogP contribution >= 0.6 is 0 Å². The number of ether oxygens (including phenoxy) is 3. The number of anilines is 1. The van der Waals surface area contributed by atoms with E-state index >= 15 is 0 Å². The highest BCUT2D eigenvalue weighted by Gasteiger charge is 2.43. The highest BCUT2D eigenvalue weighted by Crippen LogP contribution is 2.39. The number of benzene rings is 2. The van der Waals surface area contributed by atoms with Crippen molar-refractivity contribution in [3.05, 3.63) is 54.1 Å². The summed E-state index contributed by atoms with van der Waals surface area (Å²) in [5.74, 6) is 2.03. The first-order chi connectivity index (χ1) is 19.4. The molecule has 2 aliphatic rings. The summed E-state index contributed by atoms with van der Waals surface area (Å²) in [5.41, 5.74) is 1.34. The Morgan fingerprint density at radius 3 is 2.48 bits per heavy atom. The summed E-state index contributed by atoms with van der Waals surface area (Å²) in [6.45, 7) is 7.40. The van der Waals surface area contributed by atoms with Gasteiger partial charge in [0.25, 0.3) is 5.91 Å². The Kier molecular flexibility index (Phi) is 10.7. The average molecular weight is 553 g/mol. The number of carbonyl (C=O) groups excluding carboxylic acids is 2. The van der Waals surface area contributed by atoms with Crippen LogP contribution in [0.3, 0.4) is 0 Å². The molecule has 2 aromatic carbocycles. The smallest absolute Gasteiger partial charge is 0.319 e. The molecule has 40 heavy (non-hydrogen) atoms. The molecule has 0 aromatic heterocycles. The molecule has 2 aromatic rings. The Hall–Kier alpha value is -3.30. The predicted octanol–water partition coefficient (Wildman–Crippen LogP) is 4.40. The van der Waals surface area contributed by atoms with E-state index in [1.807, 2.05) is 49.1 Å². The second-order valence-electron chi connectivity index (χ2n) is 11.0. The number of nitrogens with one attached hydrogen (secondary N) is 3. The maximum absolute atomic E-state index is 13.8. The van der Waals surface area contributed by atoms with Crippen LogP contribution in [0.5, 0.6) is 11.5 Å². The first-order valence-corrected chi connectivity index (χ1v) is 14.3. The van der Waals surface area contributed by atoms with Crippen molar-refractivity contribution in [2.24, 2.45) is 17.8 Å². The topological polar surface area (TPSA) is 101 Å². The van der Waals surface area contributed by atoms with E-state index in [4.69, 9.17) is 14.2 Å². The quantitative estimate of drug-likeness (QED) is 0.301. The lowest BCUT2D eigenvalue weighted by molar-refractivity contribution is 0.0651. The van der Waals surface area contributed by atoms with Crippen LogP contribution in [0.25, 0.3) is 0 Å². The van der Waals surface area contributed by atoms with Crippen LogP contribution in [0.15, 0.2) is 48.5 Å². The van der Waals surface area contributed by atoms with Crippen molar-refractivity contribution < 1.29 is 23.8 Å². The van der Waals surface area contributed by atoms with E-state index in [0.29, 0.717) is 42.7 Å². The van der Waals surface area contributed by atoms with Gasteiger partial charge in [0.15, 0.2) is 11.5 Å². The van der Waals surface area contributed by atoms with Crippen molar-refractivity contribution in [3.63, 3.8) is 0 Å². The minimum absolute atomic E-state index is 0.00985. The second-order valence-corrected chi connectivity index (χ2v) is 11.0. The third kappa shape index (κ3) is 7.88. The number of hydrogen-bond donors (Lipinski definition) is 3. The molecule has 9 nitrogen and oxygen atoms in total. The number of rotatable bonds is 14. The molecule has 218 valence electrons. The third-order valence-electron chi connectivity index (χ3n) is 7.79. The SMILES string of the molecule is COCCCOc1cc(C(=O)N(C[C@@H]2CNC[C@H]2C(NC(=O)Nc2ccccc2)C2CC2)C(C)C)ccc1OC. The molecular weight excluding hydrogens is 508 g/mol. The summed E-state index contributed by atoms with van der Waals surface area (Å²) >= 11 is 0. The molecule has 1 heterocycles. The number of urea groups is 1. The fourth-order valence-electron chi connectivity index (χ4n) is 5.50. The van der Waals surface area contributed by atoms with Crippen LogP contribution in [-0.4, -0.2) is 76.0 Å². The summed E-state index contributed by atoms with van der Waals surface area (Å²) in [6, 6.07) is 14.7. The highest BCUT2D eigenvalue weighted by molar-refractivity contribution is 5.95. The zero-order chi connectivity index (χ0) is 28.5. The molecule has 2 fully saturated rings. The first-order valence-electron chi connectivity index (χ1n) is 14.3. The van der Waals surface area contributed by atoms with Crippen molar-refractivity contribution in [3.8, 4) is 11.5 Å². The van der Waals surface area contributed by atoms with Gasteiger partial charge in [-0.1, -0.05) is 18.2 Å². The van der Waals surface area contributed by atoms with E-state index < -0.39 is 0 Å². The largest absolute Gasteiger partial charge is 0.493 e. The van der Waals surface area contributed by atoms with Gasteiger partial charge in [-0.3, -0.25) is 4.79 Å². The normalized spacial score (nSPS) is 19.2. The highest BCUT2D eigenvalue weighted by atomic mass is 16.5. The molecular formula is C31H44N4O5. The van der Waals surface area contributed by atoms with Crippen LogP contribution in [0, 0.1) is 17.8 Å². The van der Waals surface area contributed by atoms with Gasteiger partial charge in [0, 0.05) is 63.1 Å². The predicted molar refractivity (Wildman–Crippen MR) is 156 cm³/mol. The van der Waals surface area contributed by atoms with Crippen LogP contribution in [0.4, 0.5) is 10.5 Å². The van der Waals surface area contributed by atoms with Crippen LogP contribution in [0.1, 0.15) is 43.5 Å². The van der Waals surface area contributed by atoms with Gasteiger partial charge in [0.1, 0.15) is 0 Å². The van der Waals surface area contributed by atoms with Gasteiger partial charge >= 0.3 is 6.03 Å². The number of hydrogen-bond acceptors (Lipinski definition) is 6. The maximum atomic E-state index is 13.8. The van der Waals surface area contributed by atoms with Gasteiger partial charge in [-0.05, 0) is 74.8 Å². The van der Waals surface area contributed by atoms with E-state index in [-0.39, 0.29) is 35.9 Å². The molecule has 9 heteroatoms. The second kappa shape index (κ2) is 14.4. The van der Waals surface area contributed by atoms with E-state index in [9.17, 15) is 9.59 Å². The number of nitrogens with zero attached hydrogens (tertiary/aromatic N) is 1. The zero-order valence-electron chi connectivity index (χ0n) is 24.2. The molecule has 3 atom stereocenters. The summed E-state index contributed by atoms with van der Waals surface area (Å²) in [4.78, 5) is 28.7. The Morgan fingerprint density at radius 1 is 1.02 bits per heavy atom. The van der Waals surface area contributed by atoms with Gasteiger partial charge in [-0.25, -0.2) is 4.79 Å². The molecule has 0 bridgehead atoms. The summed E-state index contributed by atoms with van der Waals surface area (Å²) in [5, 5.41) is 9.78. The minimum Gasteiger partial charge on any atom is -0.493 e. The van der Waals surface area contributed by atoms with E-state index in [2.05, 4.69) is 16.0 Å². The molecule has 1 saturated carbocycles. The monoisotopic (exact) mass is 552 g/mol. The molecule has 1 saturated heterocycles. The molecule has 3 N–H and O–H groups in total. The molecule has 1 aliphatic carbocycles. The fraction of sp³-hybridized carbons (Fsp3) is 0.548. The van der Waals surface area contributed by atoms with Gasteiger partial charge in [0.2, 0.25) is 0 Å². The van der Waals surface area contributed by atoms with Crippen molar-refractivity contribution in [2.45, 2.75) is 45.2 Å². The molecule has 0 radical (unpaired) electrons. The maximum Gasteiger partial charge on any atom is 0.319 e. The van der Waals surface area contributed by atoms with Gasteiger partial charge in [-0.2, -0.15) is 0 Å². The van der Waals surface area contributed by atoms with Gasteiger partial charge in [-0.15, -0.1) is 0 Å². The third-order valence-corrected chi connectivity index (χ3v) is 7.79. The number of para-hydroxylation sites is 1. The Balaban J connectivity index is 1.45. The lowest BCUT2D eigenvalue weighted by Gasteiger charge is -2.34. The minimum atomic E-state index is -0.179. The Labute approximate surface area is 237 Å². The van der Waals surface area contributed by atoms with Crippen molar-refractivity contribution >= 4 is 17.6 Å². The summed E-state index contributed by atoms with van der Waals surface area (Å²) < 4.78 is 16.5. The van der Waals surface area contributed by atoms with E-state index in [1.54, 1.807) is 32.4 Å². The molecule has 1 unspecified atom stereocenters. The Morgan fingerprint density at radius 2 is 1.80 bits per heavy atom. The molecule has 1 aliphatic heterocycles. The van der Waals surface area contributed by atoms with Gasteiger partial charge < -0.3 is 35.1 Å². The number of carbonyl (C=O) groups is 2. The zero-order valence-corrected chi connectivity index (χ0v) is 24.2. The molecule has 3 amide bonds. The van der Waals surface area contributed by atoms with Crippen LogP contribution in [-0.2, 0) is 4.74 Å². The summed E-state index contributed by atoms with van der Waals surface area (Å²) in [7, 11) is 3.25. The van der Waals surface area contributed by atoms with Crippen molar-refractivity contribution in [2.75, 3.05) is 52.4 Å². The van der Waals surface area contributed by atoms with E-state index in [0.717, 1.165) is 38.0 Å². The fourth-order valence-corrected chi connectivity index (χ4v) is 5.50. The average Bonchev–Trinajstić information content (AvgIpc) is 3.70. The lowest BCUT2D eigenvalue weighted by Crippen LogP contribution is -2.49. The van der Waals surface area contributed by atoms with Crippen LogP contribution in [0.2, 0.25) is 0 Å². The van der Waals surface area contributed by atoms with Crippen molar-refractivity contribution in [1.29, 1.82) is 0 Å². The lowest BCUT2D eigenvalue weighted by atomic mass is 9.85. The van der Waals surface area contributed by atoms with Gasteiger partial charge in [0.05, 0.1) is 13.7 Å². The summed E-state index contributed by atoms with van der Waals surface area (Å²) in [6.07, 6.45) is 2.97. The Bertz CT molecular complexity index is 1110. The standard InChI is InChI=1S/C31H44N4O5/c1-21(2)35(30(36)23-13-14-27(39-4)28(17-23)40-16-8-15-38-3)20-24-18-32-19-26(24)29(22-11-12-22)34-31(37)33-25-9-6-5-7-10-25/h5-7,9-10,13-14,17,21-22,24,26,29,32H,8,11-12,15-16,18-20H2,1-4H3,(H2,33,34,37)/t24-,26+,29?/m0/s1. The van der Waals surface area contributed by atoms with Crippen LogP contribution < -0.4 is 25.4 Å². The number of amides is 3. The molecule has 4 rings (SSSR count). The van der Waals surface area contributed by atoms with E-state index in [1.165, 1.54) is 0 Å².